The maximum Gasteiger partial charge on any atom is 0.410 e. The summed E-state index contributed by atoms with van der Waals surface area (Å²) in [5.41, 5.74) is 1.35. The van der Waals surface area contributed by atoms with Crippen LogP contribution in [0.25, 0.3) is 5.69 Å². The number of ether oxygens (including phenoxy) is 1. The predicted octanol–water partition coefficient (Wildman–Crippen LogP) is 1.76. The summed E-state index contributed by atoms with van der Waals surface area (Å²) in [4.78, 5) is 43.0. The number of nitrogens with one attached hydrogen (secondary N) is 2. The van der Waals surface area contributed by atoms with Crippen LogP contribution in [-0.4, -0.2) is 76.2 Å². The monoisotopic (exact) mass is 429 g/mol. The minimum atomic E-state index is -0.493. The molecule has 3 rings (SSSR count). The molecule has 1 saturated heterocycles. The Morgan fingerprint density at radius 1 is 1.10 bits per heavy atom. The predicted molar refractivity (Wildman–Crippen MR) is 118 cm³/mol. The summed E-state index contributed by atoms with van der Waals surface area (Å²) < 4.78 is 6.96. The molecule has 1 aliphatic heterocycles. The summed E-state index contributed by atoms with van der Waals surface area (Å²) in [6, 6.07) is 6.94. The highest BCUT2D eigenvalue weighted by Crippen LogP contribution is 2.12. The number of nitrogens with zero attached hydrogens (tertiary/aromatic N) is 3. The molecule has 9 nitrogen and oxygen atoms in total. The third-order valence-corrected chi connectivity index (χ3v) is 5.09. The molecule has 31 heavy (non-hydrogen) atoms. The van der Waals surface area contributed by atoms with E-state index in [1.165, 1.54) is 0 Å². The summed E-state index contributed by atoms with van der Waals surface area (Å²) >= 11 is 0. The van der Waals surface area contributed by atoms with Gasteiger partial charge in [-0.1, -0.05) is 0 Å². The Bertz CT molecular complexity index is 963. The van der Waals surface area contributed by atoms with Crippen LogP contribution in [0, 0.1) is 6.92 Å². The first-order valence-electron chi connectivity index (χ1n) is 10.5. The molecule has 2 aromatic rings. The zero-order valence-electron chi connectivity index (χ0n) is 18.6. The molecule has 2 heterocycles. The van der Waals surface area contributed by atoms with Gasteiger partial charge in [0.1, 0.15) is 5.60 Å². The molecule has 9 heteroatoms. The number of aromatic nitrogens is 2. The largest absolute Gasteiger partial charge is 0.444 e. The fourth-order valence-corrected chi connectivity index (χ4v) is 3.45. The lowest BCUT2D eigenvalue weighted by Gasteiger charge is -2.35. The van der Waals surface area contributed by atoms with E-state index in [9.17, 15) is 14.4 Å². The molecule has 2 amide bonds. The van der Waals surface area contributed by atoms with Crippen LogP contribution in [-0.2, 0) is 4.74 Å². The van der Waals surface area contributed by atoms with Crippen molar-refractivity contribution in [3.8, 4) is 5.69 Å². The van der Waals surface area contributed by atoms with Gasteiger partial charge in [-0.05, 0) is 52.0 Å². The summed E-state index contributed by atoms with van der Waals surface area (Å²) in [6.07, 6.45) is 1.37. The summed E-state index contributed by atoms with van der Waals surface area (Å²) in [6.45, 7) is 11.4. The lowest BCUT2D eigenvalue weighted by Crippen LogP contribution is -2.51. The zero-order valence-corrected chi connectivity index (χ0v) is 18.6. The van der Waals surface area contributed by atoms with E-state index in [-0.39, 0.29) is 17.7 Å². The topological polar surface area (TPSA) is 99.7 Å². The number of benzene rings is 1. The quantitative estimate of drug-likeness (QED) is 0.755. The summed E-state index contributed by atoms with van der Waals surface area (Å²) in [5.74, 6) is -0.155. The molecule has 0 spiro atoms. The number of hydrogen-bond donors (Lipinski definition) is 2. The second-order valence-corrected chi connectivity index (χ2v) is 8.68. The van der Waals surface area contributed by atoms with E-state index in [2.05, 4.69) is 15.2 Å². The molecule has 0 aliphatic carbocycles. The number of carbonyl (C=O) groups excluding carboxylic acids is 2. The van der Waals surface area contributed by atoms with Gasteiger partial charge in [-0.2, -0.15) is 0 Å². The van der Waals surface area contributed by atoms with Gasteiger partial charge in [-0.3, -0.25) is 14.3 Å². The van der Waals surface area contributed by atoms with Crippen LogP contribution in [0.2, 0.25) is 0 Å². The van der Waals surface area contributed by atoms with Crippen molar-refractivity contribution in [3.63, 3.8) is 0 Å². The Kier molecular flexibility index (Phi) is 6.84. The normalized spacial score (nSPS) is 15.0. The van der Waals surface area contributed by atoms with E-state index >= 15 is 0 Å². The smallest absolute Gasteiger partial charge is 0.410 e. The van der Waals surface area contributed by atoms with Gasteiger partial charge >= 0.3 is 11.8 Å². The lowest BCUT2D eigenvalue weighted by molar-refractivity contribution is 0.0147. The Morgan fingerprint density at radius 2 is 1.74 bits per heavy atom. The van der Waals surface area contributed by atoms with Crippen molar-refractivity contribution in [2.75, 3.05) is 39.3 Å². The molecule has 1 aromatic carbocycles. The van der Waals surface area contributed by atoms with E-state index in [1.54, 1.807) is 39.9 Å². The van der Waals surface area contributed by atoms with Gasteiger partial charge in [0.2, 0.25) is 0 Å². The molecule has 0 radical (unpaired) electrons. The number of imidazole rings is 1. The minimum absolute atomic E-state index is 0.155. The van der Waals surface area contributed by atoms with Gasteiger partial charge in [0.15, 0.2) is 0 Å². The third kappa shape index (κ3) is 5.97. The Hall–Kier alpha value is -3.07. The average molecular weight is 430 g/mol. The molecular weight excluding hydrogens is 398 g/mol. The van der Waals surface area contributed by atoms with Gasteiger partial charge in [-0.15, -0.1) is 0 Å². The van der Waals surface area contributed by atoms with Crippen molar-refractivity contribution in [2.45, 2.75) is 33.3 Å². The number of carbonyl (C=O) groups is 2. The van der Waals surface area contributed by atoms with Gasteiger partial charge in [0, 0.05) is 56.7 Å². The second kappa shape index (κ2) is 9.38. The van der Waals surface area contributed by atoms with Crippen molar-refractivity contribution >= 4 is 12.0 Å². The van der Waals surface area contributed by atoms with Crippen LogP contribution < -0.4 is 11.0 Å². The van der Waals surface area contributed by atoms with E-state index in [0.717, 1.165) is 18.8 Å². The molecule has 168 valence electrons. The second-order valence-electron chi connectivity index (χ2n) is 8.68. The van der Waals surface area contributed by atoms with E-state index in [4.69, 9.17) is 4.74 Å². The van der Waals surface area contributed by atoms with Crippen molar-refractivity contribution < 1.29 is 14.3 Å². The third-order valence-electron chi connectivity index (χ3n) is 5.09. The zero-order chi connectivity index (χ0) is 22.6. The standard InChI is InChI=1S/C22H31N5O4/c1-16-15-24-20(29)27(16)18-7-5-17(6-8-18)19(28)23-9-10-25-11-13-26(14-12-25)21(30)31-22(2,3)4/h5-8,15H,9-14H2,1-4H3,(H,23,28)(H,24,29). The van der Waals surface area contributed by atoms with E-state index in [0.29, 0.717) is 37.4 Å². The number of aromatic amines is 1. The SMILES string of the molecule is Cc1c[nH]c(=O)n1-c1ccc(C(=O)NCCN2CCN(C(=O)OC(C)(C)C)CC2)cc1. The number of hydrogen-bond acceptors (Lipinski definition) is 5. The highest BCUT2D eigenvalue weighted by Gasteiger charge is 2.25. The molecule has 0 saturated carbocycles. The summed E-state index contributed by atoms with van der Waals surface area (Å²) in [5, 5.41) is 2.93. The highest BCUT2D eigenvalue weighted by molar-refractivity contribution is 5.94. The van der Waals surface area contributed by atoms with Crippen LogP contribution in [0.1, 0.15) is 36.8 Å². The Labute approximate surface area is 182 Å². The first-order chi connectivity index (χ1) is 14.6. The van der Waals surface area contributed by atoms with E-state index < -0.39 is 5.60 Å². The molecule has 2 N–H and O–H groups in total. The van der Waals surface area contributed by atoms with Crippen molar-refractivity contribution in [1.29, 1.82) is 0 Å². The Balaban J connectivity index is 1.43. The first kappa shape index (κ1) is 22.6. The van der Waals surface area contributed by atoms with Crippen LogP contribution in [0.15, 0.2) is 35.3 Å². The van der Waals surface area contributed by atoms with Crippen LogP contribution in [0.5, 0.6) is 0 Å². The minimum Gasteiger partial charge on any atom is -0.444 e. The molecule has 1 aliphatic rings. The molecular formula is C22H31N5O4. The molecule has 1 aromatic heterocycles. The fraction of sp³-hybridized carbons (Fsp3) is 0.500. The van der Waals surface area contributed by atoms with Gasteiger partial charge < -0.3 is 19.9 Å². The highest BCUT2D eigenvalue weighted by atomic mass is 16.6. The number of aryl methyl sites for hydroxylation is 1. The van der Waals surface area contributed by atoms with Crippen LogP contribution >= 0.6 is 0 Å². The van der Waals surface area contributed by atoms with Crippen molar-refractivity contribution in [1.82, 2.24) is 24.7 Å². The maximum atomic E-state index is 12.4. The molecule has 0 unspecified atom stereocenters. The maximum absolute atomic E-state index is 12.4. The molecule has 0 atom stereocenters. The van der Waals surface area contributed by atoms with E-state index in [1.807, 2.05) is 27.7 Å². The summed E-state index contributed by atoms with van der Waals surface area (Å²) in [7, 11) is 0. The number of piperazine rings is 1. The van der Waals surface area contributed by atoms with Crippen LogP contribution in [0.4, 0.5) is 4.79 Å². The van der Waals surface area contributed by atoms with Crippen molar-refractivity contribution in [3.05, 3.63) is 52.2 Å². The Morgan fingerprint density at radius 3 is 2.29 bits per heavy atom. The fourth-order valence-electron chi connectivity index (χ4n) is 3.45. The van der Waals surface area contributed by atoms with Gasteiger partial charge in [0.05, 0.1) is 5.69 Å². The molecule has 1 fully saturated rings. The van der Waals surface area contributed by atoms with Crippen LogP contribution in [0.3, 0.4) is 0 Å². The van der Waals surface area contributed by atoms with Gasteiger partial charge in [0.25, 0.3) is 5.91 Å². The van der Waals surface area contributed by atoms with Crippen molar-refractivity contribution in [2.24, 2.45) is 0 Å². The molecule has 0 bridgehead atoms. The number of rotatable bonds is 5. The number of amides is 2. The average Bonchev–Trinajstić information content (AvgIpc) is 3.05. The first-order valence-corrected chi connectivity index (χ1v) is 10.5. The lowest BCUT2D eigenvalue weighted by atomic mass is 10.2. The van der Waals surface area contributed by atoms with Gasteiger partial charge in [-0.25, -0.2) is 9.59 Å². The number of H-pyrrole nitrogens is 1.